The van der Waals surface area contributed by atoms with E-state index in [2.05, 4.69) is 4.72 Å². The van der Waals surface area contributed by atoms with E-state index in [1.165, 1.54) is 0 Å². The van der Waals surface area contributed by atoms with Crippen LogP contribution in [-0.2, 0) is 10.0 Å². The molecular weight excluding hydrogens is 250 g/mol. The van der Waals surface area contributed by atoms with Crippen molar-refractivity contribution in [2.24, 2.45) is 5.92 Å². The van der Waals surface area contributed by atoms with Crippen molar-refractivity contribution < 1.29 is 13.2 Å². The molecular formula is C13H21NO3S. The summed E-state index contributed by atoms with van der Waals surface area (Å²) in [6.07, 6.45) is 0. The molecule has 1 rings (SSSR count). The topological polar surface area (TPSA) is 55.4 Å². The normalized spacial score (nSPS) is 13.7. The standard InChI is InChI=1S/C13H21NO3S/c1-9(2)11(4)14-18(15,16)13-7-6-12(17-5)8-10(13)3/h6-9,11,14H,1-5H3. The number of benzene rings is 1. The van der Waals surface area contributed by atoms with Crippen molar-refractivity contribution >= 4 is 10.0 Å². The lowest BCUT2D eigenvalue weighted by molar-refractivity contribution is 0.414. The van der Waals surface area contributed by atoms with Crippen LogP contribution in [0.5, 0.6) is 5.75 Å². The highest BCUT2D eigenvalue weighted by Crippen LogP contribution is 2.21. The monoisotopic (exact) mass is 271 g/mol. The van der Waals surface area contributed by atoms with Crippen LogP contribution in [0, 0.1) is 12.8 Å². The molecule has 0 spiro atoms. The highest BCUT2D eigenvalue weighted by molar-refractivity contribution is 7.89. The van der Waals surface area contributed by atoms with Gasteiger partial charge in [-0.3, -0.25) is 0 Å². The molecule has 1 N–H and O–H groups in total. The number of hydrogen-bond donors (Lipinski definition) is 1. The van der Waals surface area contributed by atoms with E-state index in [0.29, 0.717) is 16.2 Å². The number of ether oxygens (including phenoxy) is 1. The van der Waals surface area contributed by atoms with E-state index in [9.17, 15) is 8.42 Å². The molecule has 0 saturated carbocycles. The minimum absolute atomic E-state index is 0.100. The van der Waals surface area contributed by atoms with Gasteiger partial charge in [0.25, 0.3) is 0 Å². The third-order valence-electron chi connectivity index (χ3n) is 3.01. The van der Waals surface area contributed by atoms with Crippen LogP contribution in [0.4, 0.5) is 0 Å². The van der Waals surface area contributed by atoms with E-state index in [1.54, 1.807) is 32.2 Å². The molecule has 0 heterocycles. The molecule has 5 heteroatoms. The maximum atomic E-state index is 12.2. The minimum atomic E-state index is -3.47. The molecule has 0 fully saturated rings. The fourth-order valence-electron chi connectivity index (χ4n) is 1.49. The van der Waals surface area contributed by atoms with E-state index in [-0.39, 0.29) is 12.0 Å². The molecule has 0 saturated heterocycles. The molecule has 0 aliphatic rings. The second-order valence-electron chi connectivity index (χ2n) is 4.79. The molecule has 1 aromatic carbocycles. The molecule has 0 aliphatic carbocycles. The summed E-state index contributed by atoms with van der Waals surface area (Å²) in [5.74, 6) is 0.904. The summed E-state index contributed by atoms with van der Waals surface area (Å²) in [5.41, 5.74) is 0.679. The Labute approximate surface area is 109 Å². The Hall–Kier alpha value is -1.07. The first-order chi connectivity index (χ1) is 8.27. The second-order valence-corrected chi connectivity index (χ2v) is 6.47. The summed E-state index contributed by atoms with van der Waals surface area (Å²) in [7, 11) is -1.91. The molecule has 1 unspecified atom stereocenters. The van der Waals surface area contributed by atoms with Gasteiger partial charge in [0, 0.05) is 6.04 Å². The number of methoxy groups -OCH3 is 1. The van der Waals surface area contributed by atoms with Crippen molar-refractivity contribution in [1.29, 1.82) is 0 Å². The fraction of sp³-hybridized carbons (Fsp3) is 0.538. The van der Waals surface area contributed by atoms with Crippen LogP contribution in [0.3, 0.4) is 0 Å². The highest BCUT2D eigenvalue weighted by Gasteiger charge is 2.21. The number of sulfonamides is 1. The summed E-state index contributed by atoms with van der Waals surface area (Å²) in [5, 5.41) is 0. The predicted molar refractivity (Wildman–Crippen MR) is 72.4 cm³/mol. The Bertz CT molecular complexity index is 509. The van der Waals surface area contributed by atoms with Gasteiger partial charge in [0.2, 0.25) is 10.0 Å². The number of rotatable bonds is 5. The summed E-state index contributed by atoms with van der Waals surface area (Å²) in [4.78, 5) is 0.302. The first-order valence-electron chi connectivity index (χ1n) is 5.95. The van der Waals surface area contributed by atoms with Crippen molar-refractivity contribution in [3.63, 3.8) is 0 Å². The molecule has 0 aliphatic heterocycles. The molecule has 1 aromatic rings. The van der Waals surface area contributed by atoms with E-state index in [0.717, 1.165) is 0 Å². The third kappa shape index (κ3) is 3.46. The Kier molecular flexibility index (Phi) is 4.76. The van der Waals surface area contributed by atoms with E-state index < -0.39 is 10.0 Å². The largest absolute Gasteiger partial charge is 0.497 e. The average Bonchev–Trinajstić information content (AvgIpc) is 2.27. The Morgan fingerprint density at radius 1 is 1.22 bits per heavy atom. The molecule has 0 bridgehead atoms. The zero-order valence-corrected chi connectivity index (χ0v) is 12.3. The predicted octanol–water partition coefficient (Wildman–Crippen LogP) is 2.33. The maximum absolute atomic E-state index is 12.2. The van der Waals surface area contributed by atoms with Crippen LogP contribution < -0.4 is 9.46 Å². The molecule has 4 nitrogen and oxygen atoms in total. The van der Waals surface area contributed by atoms with Gasteiger partial charge in [-0.1, -0.05) is 13.8 Å². The molecule has 102 valence electrons. The van der Waals surface area contributed by atoms with Crippen LogP contribution in [0.1, 0.15) is 26.3 Å². The van der Waals surface area contributed by atoms with Crippen LogP contribution in [-0.4, -0.2) is 21.6 Å². The van der Waals surface area contributed by atoms with Crippen molar-refractivity contribution in [3.05, 3.63) is 23.8 Å². The molecule has 0 radical (unpaired) electrons. The fourth-order valence-corrected chi connectivity index (χ4v) is 3.11. The average molecular weight is 271 g/mol. The first-order valence-corrected chi connectivity index (χ1v) is 7.43. The van der Waals surface area contributed by atoms with Crippen LogP contribution in [0.25, 0.3) is 0 Å². The van der Waals surface area contributed by atoms with Gasteiger partial charge in [-0.15, -0.1) is 0 Å². The summed E-state index contributed by atoms with van der Waals surface area (Å²) < 4.78 is 32.2. The summed E-state index contributed by atoms with van der Waals surface area (Å²) >= 11 is 0. The van der Waals surface area contributed by atoms with Gasteiger partial charge < -0.3 is 4.74 Å². The SMILES string of the molecule is COc1ccc(S(=O)(=O)NC(C)C(C)C)c(C)c1. The van der Waals surface area contributed by atoms with Gasteiger partial charge in [-0.25, -0.2) is 13.1 Å². The zero-order valence-electron chi connectivity index (χ0n) is 11.5. The Balaban J connectivity index is 3.06. The quantitative estimate of drug-likeness (QED) is 0.894. The van der Waals surface area contributed by atoms with Crippen molar-refractivity contribution in [1.82, 2.24) is 4.72 Å². The molecule has 0 amide bonds. The third-order valence-corrected chi connectivity index (χ3v) is 4.73. The van der Waals surface area contributed by atoms with Crippen molar-refractivity contribution in [2.75, 3.05) is 7.11 Å². The molecule has 1 atom stereocenters. The van der Waals surface area contributed by atoms with Gasteiger partial charge in [-0.05, 0) is 43.5 Å². The zero-order chi connectivity index (χ0) is 13.9. The molecule has 18 heavy (non-hydrogen) atoms. The smallest absolute Gasteiger partial charge is 0.241 e. The Morgan fingerprint density at radius 2 is 1.83 bits per heavy atom. The van der Waals surface area contributed by atoms with Crippen LogP contribution >= 0.6 is 0 Å². The van der Waals surface area contributed by atoms with Crippen molar-refractivity contribution in [2.45, 2.75) is 38.6 Å². The Morgan fingerprint density at radius 3 is 2.28 bits per heavy atom. The second kappa shape index (κ2) is 5.71. The van der Waals surface area contributed by atoms with Gasteiger partial charge in [-0.2, -0.15) is 0 Å². The lowest BCUT2D eigenvalue weighted by atomic mass is 10.1. The maximum Gasteiger partial charge on any atom is 0.241 e. The number of aryl methyl sites for hydroxylation is 1. The van der Waals surface area contributed by atoms with Gasteiger partial charge in [0.1, 0.15) is 5.75 Å². The lowest BCUT2D eigenvalue weighted by Gasteiger charge is -2.18. The van der Waals surface area contributed by atoms with Crippen LogP contribution in [0.15, 0.2) is 23.1 Å². The van der Waals surface area contributed by atoms with E-state index in [4.69, 9.17) is 4.74 Å². The lowest BCUT2D eigenvalue weighted by Crippen LogP contribution is -2.36. The molecule has 0 aromatic heterocycles. The minimum Gasteiger partial charge on any atom is -0.497 e. The van der Waals surface area contributed by atoms with Gasteiger partial charge in [0.05, 0.1) is 12.0 Å². The van der Waals surface area contributed by atoms with E-state index >= 15 is 0 Å². The number of hydrogen-bond acceptors (Lipinski definition) is 3. The van der Waals surface area contributed by atoms with Crippen molar-refractivity contribution in [3.8, 4) is 5.75 Å². The van der Waals surface area contributed by atoms with E-state index in [1.807, 2.05) is 20.8 Å². The van der Waals surface area contributed by atoms with Gasteiger partial charge >= 0.3 is 0 Å². The van der Waals surface area contributed by atoms with Gasteiger partial charge in [0.15, 0.2) is 0 Å². The first kappa shape index (κ1) is 15.0. The van der Waals surface area contributed by atoms with Crippen LogP contribution in [0.2, 0.25) is 0 Å². The summed E-state index contributed by atoms with van der Waals surface area (Å²) in [6.45, 7) is 7.58. The highest BCUT2D eigenvalue weighted by atomic mass is 32.2. The summed E-state index contributed by atoms with van der Waals surface area (Å²) in [6, 6.07) is 4.84. The number of nitrogens with one attached hydrogen (secondary N) is 1.